The molecule has 1 fully saturated rings. The Bertz CT molecular complexity index is 2550. The Morgan fingerprint density at radius 1 is 0.925 bits per heavy atom. The second kappa shape index (κ2) is 15.0. The van der Waals surface area contributed by atoms with E-state index in [9.17, 15) is 19.7 Å². The fourth-order valence-corrected chi connectivity index (χ4v) is 8.88. The number of rotatable bonds is 8. The van der Waals surface area contributed by atoms with Gasteiger partial charge >= 0.3 is 0 Å². The molecule has 2 heterocycles. The van der Waals surface area contributed by atoms with Gasteiger partial charge in [-0.05, 0) is 134 Å². The summed E-state index contributed by atoms with van der Waals surface area (Å²) in [5.41, 5.74) is 7.83. The molecule has 7 rings (SSSR count). The largest absolute Gasteiger partial charge is 0.322 e. The van der Waals surface area contributed by atoms with Gasteiger partial charge in [0.15, 0.2) is 9.51 Å². The van der Waals surface area contributed by atoms with E-state index in [1.54, 1.807) is 59.5 Å². The molecule has 53 heavy (non-hydrogen) atoms. The van der Waals surface area contributed by atoms with Gasteiger partial charge in [-0.1, -0.05) is 53.7 Å². The molecule has 264 valence electrons. The summed E-state index contributed by atoms with van der Waals surface area (Å²) in [5.74, 6) is -0.598. The van der Waals surface area contributed by atoms with Crippen LogP contribution < -0.4 is 10.2 Å². The molecule has 13 heteroatoms. The highest BCUT2D eigenvalue weighted by molar-refractivity contribution is 8.19. The zero-order valence-corrected chi connectivity index (χ0v) is 32.0. The summed E-state index contributed by atoms with van der Waals surface area (Å²) >= 11 is 9.96. The zero-order chi connectivity index (χ0) is 37.4. The zero-order valence-electron chi connectivity index (χ0n) is 28.8. The molecule has 1 aliphatic heterocycles. The Kier molecular flexibility index (Phi) is 10.2. The minimum absolute atomic E-state index is 0.109. The summed E-state index contributed by atoms with van der Waals surface area (Å²) in [6.07, 6.45) is 1.67. The number of aryl methyl sites for hydroxylation is 4. The fraction of sp³-hybridized carbons (Fsp3) is 0.100. The van der Waals surface area contributed by atoms with Crippen molar-refractivity contribution in [3.8, 4) is 0 Å². The number of aromatic nitrogens is 1. The highest BCUT2D eigenvalue weighted by Gasteiger charge is 2.35. The van der Waals surface area contributed by atoms with Crippen LogP contribution in [0.25, 0.3) is 16.3 Å². The molecule has 5 aromatic carbocycles. The molecule has 6 aromatic rings. The van der Waals surface area contributed by atoms with Crippen LogP contribution in [0.1, 0.15) is 38.2 Å². The molecule has 1 saturated heterocycles. The molecule has 9 nitrogen and oxygen atoms in total. The van der Waals surface area contributed by atoms with E-state index in [2.05, 4.69) is 10.3 Å². The van der Waals surface area contributed by atoms with Crippen molar-refractivity contribution in [2.75, 3.05) is 10.2 Å². The van der Waals surface area contributed by atoms with E-state index in [1.165, 1.54) is 40.9 Å². The van der Waals surface area contributed by atoms with Gasteiger partial charge in [-0.15, -0.1) is 11.3 Å². The number of nitro groups is 1. The quantitative estimate of drug-likeness (QED) is 0.0929. The monoisotopic (exact) mass is 775 g/mol. The number of amides is 2. The van der Waals surface area contributed by atoms with E-state index in [0.29, 0.717) is 52.3 Å². The van der Waals surface area contributed by atoms with Crippen LogP contribution in [0.15, 0.2) is 116 Å². The first kappa shape index (κ1) is 36.1. The number of nitrogens with one attached hydrogen (secondary N) is 1. The smallest absolute Gasteiger partial charge is 0.283 e. The summed E-state index contributed by atoms with van der Waals surface area (Å²) in [7, 11) is 0. The third-order valence-corrected chi connectivity index (χ3v) is 12.1. The van der Waals surface area contributed by atoms with Gasteiger partial charge in [-0.25, -0.2) is 9.98 Å². The Hall–Kier alpha value is -5.27. The lowest BCUT2D eigenvalue weighted by molar-refractivity contribution is -0.387. The predicted octanol–water partition coefficient (Wildman–Crippen LogP) is 11.3. The summed E-state index contributed by atoms with van der Waals surface area (Å²) in [4.78, 5) is 50.6. The number of fused-ring (bicyclic) bond motifs is 1. The van der Waals surface area contributed by atoms with Crippen LogP contribution in [0, 0.1) is 37.8 Å². The third-order valence-electron chi connectivity index (χ3n) is 8.69. The first-order valence-electron chi connectivity index (χ1n) is 16.3. The second-order valence-electron chi connectivity index (χ2n) is 12.4. The predicted molar refractivity (Wildman–Crippen MR) is 218 cm³/mol. The molecule has 1 aromatic heterocycles. The number of carbonyl (C=O) groups excluding carboxylic acids is 2. The number of halogens is 1. The van der Waals surface area contributed by atoms with Gasteiger partial charge in [0.05, 0.1) is 46.9 Å². The van der Waals surface area contributed by atoms with Crippen LogP contribution in [0.3, 0.4) is 0 Å². The second-order valence-corrected chi connectivity index (χ2v) is 16.1. The van der Waals surface area contributed by atoms with Crippen molar-refractivity contribution in [3.63, 3.8) is 0 Å². The molecule has 0 radical (unpaired) electrons. The standard InChI is InChI=1S/C40H30ClN5O4S3/c1-22-9-12-27(17-24(22)3)43-39-45(29-14-10-23(2)25(4)18-29)38(48)36(51-39)20-26-11-16-34(33(19-26)46(49)50)52-40-44-32-15-13-28(21-35(32)53-40)42-37(47)30-7-5-6-8-31(30)41/h5-21H,1-4H3,(H,42,47)/b36-20-,43-39?. The van der Waals surface area contributed by atoms with Gasteiger partial charge in [0.1, 0.15) is 0 Å². The van der Waals surface area contributed by atoms with E-state index >= 15 is 0 Å². The molecule has 0 aliphatic carbocycles. The highest BCUT2D eigenvalue weighted by Crippen LogP contribution is 2.42. The summed E-state index contributed by atoms with van der Waals surface area (Å²) in [5, 5.41) is 16.1. The van der Waals surface area contributed by atoms with Gasteiger partial charge in [-0.2, -0.15) is 0 Å². The van der Waals surface area contributed by atoms with Crippen LogP contribution >= 0.6 is 46.5 Å². The van der Waals surface area contributed by atoms with E-state index in [0.717, 1.165) is 32.6 Å². The number of nitro benzene ring substituents is 1. The molecular weight excluding hydrogens is 746 g/mol. The van der Waals surface area contributed by atoms with E-state index in [4.69, 9.17) is 16.6 Å². The van der Waals surface area contributed by atoms with Crippen LogP contribution in [0.4, 0.5) is 22.7 Å². The van der Waals surface area contributed by atoms with Crippen molar-refractivity contribution >= 4 is 102 Å². The van der Waals surface area contributed by atoms with Crippen LogP contribution in [-0.4, -0.2) is 26.9 Å². The molecule has 1 aliphatic rings. The van der Waals surface area contributed by atoms with Crippen molar-refractivity contribution < 1.29 is 14.5 Å². The average Bonchev–Trinajstić information content (AvgIpc) is 3.66. The number of thiazole rings is 1. The lowest BCUT2D eigenvalue weighted by Crippen LogP contribution is -2.28. The van der Waals surface area contributed by atoms with Crippen molar-refractivity contribution in [2.45, 2.75) is 36.9 Å². The minimum atomic E-state index is -0.433. The lowest BCUT2D eigenvalue weighted by atomic mass is 10.1. The highest BCUT2D eigenvalue weighted by atomic mass is 35.5. The topological polar surface area (TPSA) is 118 Å². The van der Waals surface area contributed by atoms with E-state index in [1.807, 2.05) is 70.2 Å². The Morgan fingerprint density at radius 2 is 1.68 bits per heavy atom. The van der Waals surface area contributed by atoms with E-state index in [-0.39, 0.29) is 17.5 Å². The van der Waals surface area contributed by atoms with Gasteiger partial charge in [-0.3, -0.25) is 24.6 Å². The van der Waals surface area contributed by atoms with Crippen molar-refractivity contribution in [2.24, 2.45) is 4.99 Å². The van der Waals surface area contributed by atoms with Gasteiger partial charge < -0.3 is 5.32 Å². The molecular formula is C40H30ClN5O4S3. The number of hydrogen-bond donors (Lipinski definition) is 1. The molecule has 0 atom stereocenters. The Labute approximate surface area is 323 Å². The number of hydrogen-bond acceptors (Lipinski definition) is 9. The van der Waals surface area contributed by atoms with Gasteiger partial charge in [0.25, 0.3) is 17.5 Å². The van der Waals surface area contributed by atoms with Crippen molar-refractivity contribution in [1.82, 2.24) is 4.98 Å². The lowest BCUT2D eigenvalue weighted by Gasteiger charge is -2.17. The number of amidine groups is 1. The minimum Gasteiger partial charge on any atom is -0.322 e. The number of thioether (sulfide) groups is 1. The molecule has 0 spiro atoms. The van der Waals surface area contributed by atoms with Crippen LogP contribution in [0.5, 0.6) is 0 Å². The van der Waals surface area contributed by atoms with Gasteiger partial charge in [0, 0.05) is 11.8 Å². The summed E-state index contributed by atoms with van der Waals surface area (Å²) in [6.45, 7) is 8.07. The summed E-state index contributed by atoms with van der Waals surface area (Å²) in [6, 6.07) is 28.8. The maximum Gasteiger partial charge on any atom is 0.283 e. The Morgan fingerprint density at radius 3 is 2.42 bits per heavy atom. The van der Waals surface area contributed by atoms with Gasteiger partial charge in [0.2, 0.25) is 0 Å². The number of nitrogens with zero attached hydrogens (tertiary/aromatic N) is 4. The Balaban J connectivity index is 1.16. The van der Waals surface area contributed by atoms with Crippen LogP contribution in [-0.2, 0) is 4.79 Å². The number of benzene rings is 5. The first-order valence-corrected chi connectivity index (χ1v) is 19.2. The fourth-order valence-electron chi connectivity index (χ4n) is 5.51. The maximum atomic E-state index is 14.0. The van der Waals surface area contributed by atoms with Crippen LogP contribution in [0.2, 0.25) is 5.02 Å². The van der Waals surface area contributed by atoms with Crippen molar-refractivity contribution in [3.05, 3.63) is 150 Å². The number of anilines is 2. The van der Waals surface area contributed by atoms with E-state index < -0.39 is 4.92 Å². The van der Waals surface area contributed by atoms with Crippen molar-refractivity contribution in [1.29, 1.82) is 0 Å². The molecule has 0 unspecified atom stereocenters. The summed E-state index contributed by atoms with van der Waals surface area (Å²) < 4.78 is 1.40. The third kappa shape index (κ3) is 7.77. The first-order chi connectivity index (χ1) is 25.4. The molecule has 0 bridgehead atoms. The molecule has 2 amide bonds. The average molecular weight is 776 g/mol. The SMILES string of the molecule is Cc1ccc(N=C2S/C(=C\c3ccc(Sc4nc5ccc(NC(=O)c6ccccc6Cl)cc5s4)c([N+](=O)[O-])c3)C(=O)N2c2ccc(C)c(C)c2)cc1C. The number of aliphatic imine (C=N–C) groups is 1. The maximum absolute atomic E-state index is 14.0. The molecule has 0 saturated carbocycles. The normalized spacial score (nSPS) is 14.4. The number of carbonyl (C=O) groups is 2. The molecule has 1 N–H and O–H groups in total.